The first-order chi connectivity index (χ1) is 8.31. The summed E-state index contributed by atoms with van der Waals surface area (Å²) in [5.74, 6) is 1.65. The third kappa shape index (κ3) is 3.11. The number of ether oxygens (including phenoxy) is 2. The predicted octanol–water partition coefficient (Wildman–Crippen LogP) is 1.32. The Hall–Kier alpha value is -1.26. The molecule has 1 heterocycles. The van der Waals surface area contributed by atoms with Crippen molar-refractivity contribution < 1.29 is 14.6 Å². The Bertz CT molecular complexity index is 368. The van der Waals surface area contributed by atoms with E-state index in [9.17, 15) is 0 Å². The van der Waals surface area contributed by atoms with Gasteiger partial charge in [-0.15, -0.1) is 0 Å². The van der Waals surface area contributed by atoms with E-state index >= 15 is 0 Å². The van der Waals surface area contributed by atoms with Crippen molar-refractivity contribution in [3.63, 3.8) is 0 Å². The van der Waals surface area contributed by atoms with Crippen LogP contribution in [0.4, 0.5) is 0 Å². The second kappa shape index (κ2) is 5.89. The smallest absolute Gasteiger partial charge is 0.165 e. The van der Waals surface area contributed by atoms with Gasteiger partial charge in [-0.25, -0.2) is 0 Å². The Morgan fingerprint density at radius 1 is 1.35 bits per heavy atom. The minimum absolute atomic E-state index is 0.0811. The van der Waals surface area contributed by atoms with E-state index in [1.54, 1.807) is 0 Å². The average Bonchev–Trinajstić information content (AvgIpc) is 2.61. The highest BCUT2D eigenvalue weighted by Crippen LogP contribution is 2.33. The lowest BCUT2D eigenvalue weighted by Crippen LogP contribution is -2.28. The summed E-state index contributed by atoms with van der Waals surface area (Å²) >= 11 is 0. The van der Waals surface area contributed by atoms with E-state index in [1.165, 1.54) is 0 Å². The van der Waals surface area contributed by atoms with Gasteiger partial charge in [0, 0.05) is 24.6 Å². The van der Waals surface area contributed by atoms with Crippen LogP contribution in [0.1, 0.15) is 18.9 Å². The molecule has 4 nitrogen and oxygen atoms in total. The number of fused-ring (bicyclic) bond motifs is 1. The fraction of sp³-hybridized carbons (Fsp3) is 0.538. The van der Waals surface area contributed by atoms with Gasteiger partial charge in [0.15, 0.2) is 11.5 Å². The Morgan fingerprint density at radius 2 is 2.18 bits per heavy atom. The van der Waals surface area contributed by atoms with Gasteiger partial charge >= 0.3 is 0 Å². The van der Waals surface area contributed by atoms with E-state index < -0.39 is 0 Å². The Labute approximate surface area is 102 Å². The highest BCUT2D eigenvalue weighted by Gasteiger charge is 2.14. The maximum Gasteiger partial charge on any atom is 0.165 e. The summed E-state index contributed by atoms with van der Waals surface area (Å²) in [6.45, 7) is 4.15. The Morgan fingerprint density at radius 3 is 3.00 bits per heavy atom. The van der Waals surface area contributed by atoms with E-state index in [-0.39, 0.29) is 12.6 Å². The van der Waals surface area contributed by atoms with Crippen molar-refractivity contribution in [1.82, 2.24) is 5.32 Å². The normalized spacial score (nSPS) is 16.4. The maximum absolute atomic E-state index is 8.98. The highest BCUT2D eigenvalue weighted by atomic mass is 16.5. The number of para-hydroxylation sites is 1. The Balaban J connectivity index is 2.11. The molecule has 0 amide bonds. The monoisotopic (exact) mass is 237 g/mol. The molecule has 1 aromatic rings. The molecule has 94 valence electrons. The topological polar surface area (TPSA) is 50.7 Å². The van der Waals surface area contributed by atoms with Crippen LogP contribution < -0.4 is 14.8 Å². The van der Waals surface area contributed by atoms with Crippen molar-refractivity contribution in [3.05, 3.63) is 23.8 Å². The van der Waals surface area contributed by atoms with E-state index in [0.29, 0.717) is 19.8 Å². The van der Waals surface area contributed by atoms with Crippen molar-refractivity contribution in [2.24, 2.45) is 0 Å². The molecule has 0 bridgehead atoms. The van der Waals surface area contributed by atoms with Crippen molar-refractivity contribution in [2.45, 2.75) is 25.9 Å². The molecule has 0 fully saturated rings. The largest absolute Gasteiger partial charge is 0.490 e. The summed E-state index contributed by atoms with van der Waals surface area (Å²) in [6.07, 6.45) is 0.911. The summed E-state index contributed by atoms with van der Waals surface area (Å²) in [7, 11) is 0. The number of hydrogen-bond donors (Lipinski definition) is 2. The molecule has 0 saturated carbocycles. The molecule has 4 heteroatoms. The van der Waals surface area contributed by atoms with E-state index in [1.807, 2.05) is 25.1 Å². The standard InChI is InChI=1S/C13H19NO3/c1-10(9-15)14-8-11-4-2-5-12-13(11)17-7-3-6-16-12/h2,4-5,10,14-15H,3,6-9H2,1H3. The van der Waals surface area contributed by atoms with Crippen molar-refractivity contribution in [3.8, 4) is 11.5 Å². The van der Waals surface area contributed by atoms with Crippen LogP contribution in [0, 0.1) is 0 Å². The first-order valence-corrected chi connectivity index (χ1v) is 6.03. The molecule has 0 aliphatic carbocycles. The number of nitrogens with one attached hydrogen (secondary N) is 1. The van der Waals surface area contributed by atoms with Gasteiger partial charge in [-0.1, -0.05) is 12.1 Å². The van der Waals surface area contributed by atoms with Gasteiger partial charge < -0.3 is 19.9 Å². The lowest BCUT2D eigenvalue weighted by Gasteiger charge is -2.15. The average molecular weight is 237 g/mol. The number of benzene rings is 1. The zero-order valence-electron chi connectivity index (χ0n) is 10.1. The molecular formula is C13H19NO3. The first-order valence-electron chi connectivity index (χ1n) is 6.03. The number of aliphatic hydroxyl groups is 1. The number of rotatable bonds is 4. The lowest BCUT2D eigenvalue weighted by atomic mass is 10.1. The lowest BCUT2D eigenvalue weighted by molar-refractivity contribution is 0.250. The summed E-state index contributed by atoms with van der Waals surface area (Å²) in [6, 6.07) is 6.00. The molecule has 1 aromatic carbocycles. The van der Waals surface area contributed by atoms with Gasteiger partial charge in [0.1, 0.15) is 0 Å². The molecule has 1 atom stereocenters. The molecule has 1 aliphatic rings. The molecule has 2 N–H and O–H groups in total. The minimum Gasteiger partial charge on any atom is -0.490 e. The van der Waals surface area contributed by atoms with Gasteiger partial charge in [-0.2, -0.15) is 0 Å². The van der Waals surface area contributed by atoms with Crippen LogP contribution in [0.15, 0.2) is 18.2 Å². The molecular weight excluding hydrogens is 218 g/mol. The highest BCUT2D eigenvalue weighted by molar-refractivity contribution is 5.47. The number of aliphatic hydroxyl groups excluding tert-OH is 1. The van der Waals surface area contributed by atoms with E-state index in [2.05, 4.69) is 5.32 Å². The van der Waals surface area contributed by atoms with Crippen LogP contribution in [0.25, 0.3) is 0 Å². The van der Waals surface area contributed by atoms with Crippen molar-refractivity contribution in [2.75, 3.05) is 19.8 Å². The molecule has 0 aromatic heterocycles. The molecule has 2 rings (SSSR count). The van der Waals surface area contributed by atoms with Gasteiger partial charge in [-0.05, 0) is 13.0 Å². The SMILES string of the molecule is CC(CO)NCc1cccc2c1OCCCO2. The molecule has 1 aliphatic heterocycles. The van der Waals surface area contributed by atoms with Gasteiger partial charge in [0.2, 0.25) is 0 Å². The molecule has 0 spiro atoms. The molecule has 0 saturated heterocycles. The van der Waals surface area contributed by atoms with Gasteiger partial charge in [-0.3, -0.25) is 0 Å². The molecule has 0 radical (unpaired) electrons. The predicted molar refractivity (Wildman–Crippen MR) is 65.4 cm³/mol. The summed E-state index contributed by atoms with van der Waals surface area (Å²) in [5.41, 5.74) is 1.07. The molecule has 17 heavy (non-hydrogen) atoms. The van der Waals surface area contributed by atoms with Crippen LogP contribution in [0.5, 0.6) is 11.5 Å². The fourth-order valence-electron chi connectivity index (χ4n) is 1.74. The third-order valence-corrected chi connectivity index (χ3v) is 2.77. The number of hydrogen-bond acceptors (Lipinski definition) is 4. The van der Waals surface area contributed by atoms with Gasteiger partial charge in [0.25, 0.3) is 0 Å². The summed E-state index contributed by atoms with van der Waals surface area (Å²) < 4.78 is 11.3. The Kier molecular flexibility index (Phi) is 4.23. The van der Waals surface area contributed by atoms with E-state index in [0.717, 1.165) is 23.5 Å². The summed E-state index contributed by atoms with van der Waals surface area (Å²) in [5, 5.41) is 12.2. The second-order valence-electron chi connectivity index (χ2n) is 4.26. The van der Waals surface area contributed by atoms with Crippen LogP contribution >= 0.6 is 0 Å². The van der Waals surface area contributed by atoms with Crippen molar-refractivity contribution >= 4 is 0 Å². The summed E-state index contributed by atoms with van der Waals surface area (Å²) in [4.78, 5) is 0. The quantitative estimate of drug-likeness (QED) is 0.829. The molecule has 1 unspecified atom stereocenters. The zero-order valence-corrected chi connectivity index (χ0v) is 10.1. The van der Waals surface area contributed by atoms with Crippen LogP contribution in [0.3, 0.4) is 0 Å². The first kappa shape index (κ1) is 12.2. The second-order valence-corrected chi connectivity index (χ2v) is 4.26. The van der Waals surface area contributed by atoms with Crippen LogP contribution in [-0.4, -0.2) is 31.0 Å². The van der Waals surface area contributed by atoms with E-state index in [4.69, 9.17) is 14.6 Å². The fourth-order valence-corrected chi connectivity index (χ4v) is 1.74. The maximum atomic E-state index is 8.98. The third-order valence-electron chi connectivity index (χ3n) is 2.77. The minimum atomic E-state index is 0.0811. The zero-order chi connectivity index (χ0) is 12.1. The van der Waals surface area contributed by atoms with Crippen molar-refractivity contribution in [1.29, 1.82) is 0 Å². The van der Waals surface area contributed by atoms with Gasteiger partial charge in [0.05, 0.1) is 19.8 Å². The van der Waals surface area contributed by atoms with Crippen LogP contribution in [0.2, 0.25) is 0 Å². The van der Waals surface area contributed by atoms with Crippen LogP contribution in [-0.2, 0) is 6.54 Å².